The number of benzene rings is 1. The normalized spacial score (nSPS) is 14.7. The zero-order valence-corrected chi connectivity index (χ0v) is 11.0. The van der Waals surface area contributed by atoms with Crippen molar-refractivity contribution < 1.29 is 24.9 Å². The lowest BCUT2D eigenvalue weighted by atomic mass is 10.1. The first-order valence-electron chi connectivity index (χ1n) is 5.63. The Hall–Kier alpha value is -2.28. The first-order chi connectivity index (χ1) is 9.45. The Balaban J connectivity index is 2.01. The number of hydrogen-bond donors (Lipinski definition) is 2. The molecular weight excluding hydrogens is 282 g/mol. The van der Waals surface area contributed by atoms with E-state index in [1.165, 1.54) is 12.1 Å². The van der Waals surface area contributed by atoms with Gasteiger partial charge in [-0.2, -0.15) is 0 Å². The second-order valence-corrected chi connectivity index (χ2v) is 5.09. The van der Waals surface area contributed by atoms with Crippen LogP contribution in [0, 0.1) is 0 Å². The van der Waals surface area contributed by atoms with Crippen LogP contribution in [-0.2, 0) is 4.79 Å². The smallest absolute Gasteiger partial charge is 0.269 e. The summed E-state index contributed by atoms with van der Waals surface area (Å²) in [6, 6.07) is 3.66. The second kappa shape index (κ2) is 5.79. The Bertz CT molecular complexity index is 636. The predicted molar refractivity (Wildman–Crippen MR) is 71.7 cm³/mol. The molecule has 0 aromatic heterocycles. The molecule has 0 unspecified atom stereocenters. The maximum atomic E-state index is 11.9. The number of dihydropyridines is 1. The van der Waals surface area contributed by atoms with Crippen LogP contribution in [-0.4, -0.2) is 32.7 Å². The Labute approximate surface area is 118 Å². The highest BCUT2D eigenvalue weighted by molar-refractivity contribution is 8.14. The van der Waals surface area contributed by atoms with Crippen LogP contribution in [0.1, 0.15) is 16.8 Å². The Morgan fingerprint density at radius 3 is 2.80 bits per heavy atom. The van der Waals surface area contributed by atoms with Gasteiger partial charge in [-0.1, -0.05) is 0 Å². The Kier molecular flexibility index (Phi) is 4.09. The van der Waals surface area contributed by atoms with Gasteiger partial charge in [-0.15, -0.1) is 17.5 Å². The highest BCUT2D eigenvalue weighted by atomic mass is 32.2. The SMILES string of the molecule is O=C1C=C([O-])CC(SCC(=O)c2ccc(O)cc2O)=N1. The molecule has 0 fully saturated rings. The lowest BCUT2D eigenvalue weighted by Crippen LogP contribution is -2.16. The molecule has 0 atom stereocenters. The van der Waals surface area contributed by atoms with Crippen molar-refractivity contribution >= 4 is 28.5 Å². The van der Waals surface area contributed by atoms with Gasteiger partial charge in [0, 0.05) is 12.5 Å². The molecule has 20 heavy (non-hydrogen) atoms. The fraction of sp³-hybridized carbons (Fsp3) is 0.154. The van der Waals surface area contributed by atoms with E-state index in [0.29, 0.717) is 0 Å². The fourth-order valence-electron chi connectivity index (χ4n) is 1.60. The summed E-state index contributed by atoms with van der Waals surface area (Å²) in [5.74, 6) is -1.87. The van der Waals surface area contributed by atoms with Crippen LogP contribution in [0.5, 0.6) is 11.5 Å². The van der Waals surface area contributed by atoms with Crippen LogP contribution in [0.3, 0.4) is 0 Å². The number of carbonyl (C=O) groups excluding carboxylic acids is 2. The molecule has 1 aliphatic heterocycles. The molecule has 1 amide bonds. The van der Waals surface area contributed by atoms with Crippen molar-refractivity contribution in [3.8, 4) is 11.5 Å². The Morgan fingerprint density at radius 1 is 1.40 bits per heavy atom. The molecule has 1 heterocycles. The van der Waals surface area contributed by atoms with E-state index < -0.39 is 5.91 Å². The molecule has 0 saturated heterocycles. The number of phenolic OH excluding ortho intramolecular Hbond substituents is 2. The minimum atomic E-state index is -0.622. The van der Waals surface area contributed by atoms with E-state index in [9.17, 15) is 19.8 Å². The van der Waals surface area contributed by atoms with Crippen LogP contribution < -0.4 is 5.11 Å². The van der Waals surface area contributed by atoms with E-state index in [1.807, 2.05) is 0 Å². The van der Waals surface area contributed by atoms with Crippen molar-refractivity contribution in [1.82, 2.24) is 0 Å². The van der Waals surface area contributed by atoms with Gasteiger partial charge in [0.15, 0.2) is 5.78 Å². The highest BCUT2D eigenvalue weighted by Gasteiger charge is 2.15. The summed E-state index contributed by atoms with van der Waals surface area (Å²) in [5.41, 5.74) is 0.0657. The van der Waals surface area contributed by atoms with Gasteiger partial charge in [0.2, 0.25) is 0 Å². The molecule has 2 N–H and O–H groups in total. The molecule has 0 spiro atoms. The van der Waals surface area contributed by atoms with E-state index in [2.05, 4.69) is 4.99 Å². The van der Waals surface area contributed by atoms with E-state index in [1.54, 1.807) is 0 Å². The summed E-state index contributed by atoms with van der Waals surface area (Å²) in [4.78, 5) is 26.6. The third-order valence-corrected chi connectivity index (χ3v) is 3.47. The number of allylic oxidation sites excluding steroid dienone is 1. The fourth-order valence-corrected chi connectivity index (χ4v) is 2.45. The van der Waals surface area contributed by atoms with Crippen molar-refractivity contribution in [2.75, 3.05) is 5.75 Å². The number of amides is 1. The quantitative estimate of drug-likeness (QED) is 0.789. The van der Waals surface area contributed by atoms with Gasteiger partial charge < -0.3 is 15.3 Å². The average Bonchev–Trinajstić information content (AvgIpc) is 2.35. The number of aromatic hydroxyl groups is 2. The molecule has 104 valence electrons. The molecule has 1 aliphatic rings. The van der Waals surface area contributed by atoms with Crippen LogP contribution in [0.25, 0.3) is 0 Å². The highest BCUT2D eigenvalue weighted by Crippen LogP contribution is 2.25. The summed E-state index contributed by atoms with van der Waals surface area (Å²) in [6.07, 6.45) is 0.920. The van der Waals surface area contributed by atoms with Gasteiger partial charge in [-0.3, -0.25) is 9.59 Å². The van der Waals surface area contributed by atoms with E-state index in [0.717, 1.165) is 23.9 Å². The molecule has 6 nitrogen and oxygen atoms in total. The Morgan fingerprint density at radius 2 is 2.15 bits per heavy atom. The van der Waals surface area contributed by atoms with Gasteiger partial charge in [0.1, 0.15) is 11.5 Å². The second-order valence-electron chi connectivity index (χ2n) is 4.04. The molecule has 0 bridgehead atoms. The van der Waals surface area contributed by atoms with Gasteiger partial charge in [0.25, 0.3) is 5.91 Å². The van der Waals surface area contributed by atoms with Crippen molar-refractivity contribution in [2.45, 2.75) is 6.42 Å². The summed E-state index contributed by atoms with van der Waals surface area (Å²) >= 11 is 0.986. The number of nitrogens with zero attached hydrogens (tertiary/aromatic N) is 1. The summed E-state index contributed by atoms with van der Waals surface area (Å²) in [6.45, 7) is 0. The molecule has 1 aromatic rings. The monoisotopic (exact) mass is 292 g/mol. The van der Waals surface area contributed by atoms with E-state index >= 15 is 0 Å². The number of ketones is 1. The molecule has 0 aliphatic carbocycles. The largest absolute Gasteiger partial charge is 0.875 e. The van der Waals surface area contributed by atoms with Crippen molar-refractivity contribution in [3.05, 3.63) is 35.6 Å². The summed E-state index contributed by atoms with van der Waals surface area (Å²) < 4.78 is 0. The third kappa shape index (κ3) is 3.39. The summed E-state index contributed by atoms with van der Waals surface area (Å²) in [7, 11) is 0. The minimum absolute atomic E-state index is 0.00521. The number of hydrogen-bond acceptors (Lipinski definition) is 6. The molecule has 0 radical (unpaired) electrons. The first-order valence-corrected chi connectivity index (χ1v) is 6.61. The van der Waals surface area contributed by atoms with E-state index in [4.69, 9.17) is 5.11 Å². The van der Waals surface area contributed by atoms with E-state index in [-0.39, 0.29) is 45.8 Å². The molecule has 0 saturated carbocycles. The van der Waals surface area contributed by atoms with Crippen LogP contribution in [0.15, 0.2) is 35.0 Å². The van der Waals surface area contributed by atoms with Gasteiger partial charge in [-0.05, 0) is 18.2 Å². The van der Waals surface area contributed by atoms with Gasteiger partial charge in [-0.25, -0.2) is 4.99 Å². The zero-order chi connectivity index (χ0) is 14.7. The number of rotatable bonds is 3. The average molecular weight is 292 g/mol. The molecular formula is C13H10NO5S-. The lowest BCUT2D eigenvalue weighted by Gasteiger charge is -2.16. The maximum Gasteiger partial charge on any atom is 0.269 e. The van der Waals surface area contributed by atoms with Crippen molar-refractivity contribution in [3.63, 3.8) is 0 Å². The summed E-state index contributed by atoms with van der Waals surface area (Å²) in [5, 5.41) is 30.1. The number of phenols is 2. The topological polar surface area (TPSA) is 110 Å². The minimum Gasteiger partial charge on any atom is -0.875 e. The lowest BCUT2D eigenvalue weighted by molar-refractivity contribution is -0.304. The number of Topliss-reactive ketones (excluding diaryl/α,β-unsaturated/α-hetero) is 1. The maximum absolute atomic E-state index is 11.9. The number of aliphatic imine (C=N–C) groups is 1. The number of thioether (sulfide) groups is 1. The van der Waals surface area contributed by atoms with Crippen molar-refractivity contribution in [2.24, 2.45) is 4.99 Å². The van der Waals surface area contributed by atoms with Gasteiger partial charge >= 0.3 is 0 Å². The zero-order valence-electron chi connectivity index (χ0n) is 10.2. The van der Waals surface area contributed by atoms with Crippen LogP contribution >= 0.6 is 11.8 Å². The predicted octanol–water partition coefficient (Wildman–Crippen LogP) is 0.587. The standard InChI is InChI=1S/C13H11NO5S/c15-7-1-2-9(10(17)3-7)11(18)6-20-13-5-8(16)4-12(19)14-13/h1-4,15-17H,5-6H2/p-1. The number of carbonyl (C=O) groups is 2. The van der Waals surface area contributed by atoms with Crippen molar-refractivity contribution in [1.29, 1.82) is 0 Å². The van der Waals surface area contributed by atoms with Crippen LogP contribution in [0.2, 0.25) is 0 Å². The molecule has 1 aromatic carbocycles. The van der Waals surface area contributed by atoms with Crippen LogP contribution in [0.4, 0.5) is 0 Å². The molecule has 2 rings (SSSR count). The van der Waals surface area contributed by atoms with Gasteiger partial charge in [0.05, 0.1) is 16.4 Å². The molecule has 7 heteroatoms. The first kappa shape index (κ1) is 14.1. The third-order valence-electron chi connectivity index (χ3n) is 2.50.